The highest BCUT2D eigenvalue weighted by molar-refractivity contribution is 6.01. The molecule has 0 bridgehead atoms. The van der Waals surface area contributed by atoms with Gasteiger partial charge in [-0.2, -0.15) is 5.10 Å². The van der Waals surface area contributed by atoms with Crippen molar-refractivity contribution in [2.45, 2.75) is 57.4 Å². The Morgan fingerprint density at radius 1 is 1.16 bits per heavy atom. The standard InChI is InChI=1S/C20H28N4O/c1-16-7-8-18-17(13-21-24(18)14-16)19(25)22-20(9-3-2-4-10-20)15-23-11-5-6-12-23/h7-8,13-14H,2-6,9-12,15H2,1H3,(H,22,25). The number of hydrogen-bond acceptors (Lipinski definition) is 3. The molecule has 1 amide bonds. The van der Waals surface area contributed by atoms with Gasteiger partial charge in [0.05, 0.1) is 22.8 Å². The molecule has 25 heavy (non-hydrogen) atoms. The number of likely N-dealkylation sites (tertiary alicyclic amines) is 1. The number of carbonyl (C=O) groups excluding carboxylic acids is 1. The van der Waals surface area contributed by atoms with E-state index in [0.717, 1.165) is 30.5 Å². The fourth-order valence-corrected chi connectivity index (χ4v) is 4.49. The van der Waals surface area contributed by atoms with Crippen LogP contribution >= 0.6 is 0 Å². The molecule has 2 aromatic heterocycles. The van der Waals surface area contributed by atoms with Gasteiger partial charge < -0.3 is 10.2 Å². The third-order valence-electron chi connectivity index (χ3n) is 5.82. The second kappa shape index (κ2) is 6.79. The molecule has 5 heteroatoms. The SMILES string of the molecule is Cc1ccc2c(C(=O)NC3(CN4CCCC4)CCCCC3)cnn2c1. The van der Waals surface area contributed by atoms with Crippen LogP contribution in [0.5, 0.6) is 0 Å². The van der Waals surface area contributed by atoms with Crippen LogP contribution in [0.15, 0.2) is 24.5 Å². The van der Waals surface area contributed by atoms with E-state index < -0.39 is 0 Å². The Kier molecular flexibility index (Phi) is 4.50. The number of aromatic nitrogens is 2. The number of nitrogens with one attached hydrogen (secondary N) is 1. The highest BCUT2D eigenvalue weighted by Gasteiger charge is 2.36. The average Bonchev–Trinajstić information content (AvgIpc) is 3.24. The van der Waals surface area contributed by atoms with Crippen LogP contribution in [0.1, 0.15) is 60.9 Å². The maximum atomic E-state index is 13.1. The lowest BCUT2D eigenvalue weighted by molar-refractivity contribution is 0.0824. The van der Waals surface area contributed by atoms with E-state index in [1.807, 2.05) is 25.3 Å². The van der Waals surface area contributed by atoms with E-state index in [9.17, 15) is 4.79 Å². The fourth-order valence-electron chi connectivity index (χ4n) is 4.49. The van der Waals surface area contributed by atoms with Crippen LogP contribution in [0.25, 0.3) is 5.52 Å². The Morgan fingerprint density at radius 2 is 1.92 bits per heavy atom. The van der Waals surface area contributed by atoms with E-state index in [0.29, 0.717) is 5.56 Å². The third-order valence-corrected chi connectivity index (χ3v) is 5.82. The molecule has 2 fully saturated rings. The topological polar surface area (TPSA) is 49.6 Å². The zero-order valence-electron chi connectivity index (χ0n) is 15.1. The number of aryl methyl sites for hydroxylation is 1. The van der Waals surface area contributed by atoms with Crippen molar-refractivity contribution in [2.75, 3.05) is 19.6 Å². The molecule has 1 N–H and O–H groups in total. The molecule has 0 radical (unpaired) electrons. The van der Waals surface area contributed by atoms with Crippen LogP contribution in [-0.4, -0.2) is 45.6 Å². The van der Waals surface area contributed by atoms with Crippen LogP contribution < -0.4 is 5.32 Å². The van der Waals surface area contributed by atoms with Crippen molar-refractivity contribution in [1.82, 2.24) is 19.8 Å². The van der Waals surface area contributed by atoms with Crippen LogP contribution in [0.3, 0.4) is 0 Å². The second-order valence-electron chi connectivity index (χ2n) is 7.87. The molecule has 4 rings (SSSR count). The number of carbonyl (C=O) groups is 1. The predicted octanol–water partition coefficient (Wildman–Crippen LogP) is 3.17. The molecule has 2 aromatic rings. The van der Waals surface area contributed by atoms with Crippen molar-refractivity contribution in [3.8, 4) is 0 Å². The van der Waals surface area contributed by atoms with Crippen LogP contribution in [-0.2, 0) is 0 Å². The number of hydrogen-bond donors (Lipinski definition) is 1. The summed E-state index contributed by atoms with van der Waals surface area (Å²) in [5, 5.41) is 7.80. The Bertz CT molecular complexity index is 754. The smallest absolute Gasteiger partial charge is 0.255 e. The maximum absolute atomic E-state index is 13.1. The second-order valence-corrected chi connectivity index (χ2v) is 7.87. The fraction of sp³-hybridized carbons (Fsp3) is 0.600. The van der Waals surface area contributed by atoms with Gasteiger partial charge in [-0.1, -0.05) is 25.3 Å². The van der Waals surface area contributed by atoms with Gasteiger partial charge in [0.2, 0.25) is 0 Å². The lowest BCUT2D eigenvalue weighted by atomic mass is 9.81. The van der Waals surface area contributed by atoms with E-state index in [-0.39, 0.29) is 11.4 Å². The van der Waals surface area contributed by atoms with E-state index in [4.69, 9.17) is 0 Å². The minimum Gasteiger partial charge on any atom is -0.345 e. The first kappa shape index (κ1) is 16.6. The molecule has 0 spiro atoms. The average molecular weight is 340 g/mol. The Hall–Kier alpha value is -1.88. The predicted molar refractivity (Wildman–Crippen MR) is 98.9 cm³/mol. The quantitative estimate of drug-likeness (QED) is 0.930. The molecule has 0 aromatic carbocycles. The molecule has 5 nitrogen and oxygen atoms in total. The minimum atomic E-state index is -0.0708. The van der Waals surface area contributed by atoms with Crippen LogP contribution in [0.2, 0.25) is 0 Å². The first-order valence-electron chi connectivity index (χ1n) is 9.64. The van der Waals surface area contributed by atoms with Crippen molar-refractivity contribution in [3.63, 3.8) is 0 Å². The van der Waals surface area contributed by atoms with E-state index in [1.54, 1.807) is 10.7 Å². The molecule has 3 heterocycles. The summed E-state index contributed by atoms with van der Waals surface area (Å²) in [7, 11) is 0. The van der Waals surface area contributed by atoms with Gasteiger partial charge in [0.15, 0.2) is 0 Å². The molecule has 1 aliphatic carbocycles. The van der Waals surface area contributed by atoms with Gasteiger partial charge in [0.25, 0.3) is 5.91 Å². The van der Waals surface area contributed by atoms with Gasteiger partial charge in [-0.05, 0) is 57.3 Å². The molecule has 1 saturated carbocycles. The van der Waals surface area contributed by atoms with E-state index in [1.165, 1.54) is 45.2 Å². The van der Waals surface area contributed by atoms with E-state index in [2.05, 4.69) is 15.3 Å². The van der Waals surface area contributed by atoms with Gasteiger partial charge in [0.1, 0.15) is 0 Å². The summed E-state index contributed by atoms with van der Waals surface area (Å²) in [6, 6.07) is 4.03. The van der Waals surface area contributed by atoms with Crippen LogP contribution in [0.4, 0.5) is 0 Å². The van der Waals surface area contributed by atoms with Crippen molar-refractivity contribution >= 4 is 11.4 Å². The molecule has 0 atom stereocenters. The minimum absolute atomic E-state index is 0.0277. The molecular weight excluding hydrogens is 312 g/mol. The molecule has 0 unspecified atom stereocenters. The first-order chi connectivity index (χ1) is 12.2. The molecule has 2 aliphatic rings. The van der Waals surface area contributed by atoms with Gasteiger partial charge >= 0.3 is 0 Å². The summed E-state index contributed by atoms with van der Waals surface area (Å²) >= 11 is 0. The molecule has 1 saturated heterocycles. The highest BCUT2D eigenvalue weighted by atomic mass is 16.1. The highest BCUT2D eigenvalue weighted by Crippen LogP contribution is 2.30. The third kappa shape index (κ3) is 3.43. The Labute approximate surface area is 149 Å². The van der Waals surface area contributed by atoms with Crippen molar-refractivity contribution in [3.05, 3.63) is 35.7 Å². The Balaban J connectivity index is 1.56. The number of pyridine rings is 1. The van der Waals surface area contributed by atoms with Gasteiger partial charge in [-0.15, -0.1) is 0 Å². The number of rotatable bonds is 4. The van der Waals surface area contributed by atoms with Crippen molar-refractivity contribution in [1.29, 1.82) is 0 Å². The number of nitrogens with zero attached hydrogens (tertiary/aromatic N) is 3. The van der Waals surface area contributed by atoms with Crippen molar-refractivity contribution in [2.24, 2.45) is 0 Å². The summed E-state index contributed by atoms with van der Waals surface area (Å²) in [6.45, 7) is 5.38. The van der Waals surface area contributed by atoms with Gasteiger partial charge in [-0.25, -0.2) is 4.52 Å². The van der Waals surface area contributed by atoms with E-state index >= 15 is 0 Å². The number of fused-ring (bicyclic) bond motifs is 1. The largest absolute Gasteiger partial charge is 0.345 e. The zero-order valence-corrected chi connectivity index (χ0v) is 15.1. The van der Waals surface area contributed by atoms with Crippen LogP contribution in [0, 0.1) is 6.92 Å². The van der Waals surface area contributed by atoms with Gasteiger partial charge in [0, 0.05) is 12.7 Å². The summed E-state index contributed by atoms with van der Waals surface area (Å²) in [5.74, 6) is 0.0277. The maximum Gasteiger partial charge on any atom is 0.255 e. The summed E-state index contributed by atoms with van der Waals surface area (Å²) in [5.41, 5.74) is 2.64. The normalized spacial score (nSPS) is 20.8. The zero-order chi connectivity index (χ0) is 17.3. The first-order valence-corrected chi connectivity index (χ1v) is 9.64. The summed E-state index contributed by atoms with van der Waals surface area (Å²) < 4.78 is 1.80. The lowest BCUT2D eigenvalue weighted by Gasteiger charge is -2.41. The van der Waals surface area contributed by atoms with Gasteiger partial charge in [-0.3, -0.25) is 4.79 Å². The number of amides is 1. The molecular formula is C20H28N4O. The Morgan fingerprint density at radius 3 is 2.68 bits per heavy atom. The summed E-state index contributed by atoms with van der Waals surface area (Å²) in [4.78, 5) is 15.6. The molecule has 1 aliphatic heterocycles. The lowest BCUT2D eigenvalue weighted by Crippen LogP contribution is -2.56. The summed E-state index contributed by atoms with van der Waals surface area (Å²) in [6.07, 6.45) is 12.1. The monoisotopic (exact) mass is 340 g/mol. The van der Waals surface area contributed by atoms with Crippen molar-refractivity contribution < 1.29 is 4.79 Å². The molecule has 134 valence electrons.